The maximum Gasteiger partial charge on any atom is 0.256 e. The topological polar surface area (TPSA) is 30.5 Å². The van der Waals surface area contributed by atoms with Crippen LogP contribution >= 0.6 is 0 Å². The lowest BCUT2D eigenvalue weighted by Crippen LogP contribution is -2.64. The molecule has 0 fully saturated rings. The van der Waals surface area contributed by atoms with Gasteiger partial charge in [0.05, 0.1) is 39.0 Å². The average molecular weight is 1020 g/mol. The standard InChI is InChI=1S/C72H43B2N5O/c1-3-20-44(21-4-1)75-64-43-63-56(73-54-30-12-18-37-68(54)80-69-41-47(40-67(71(69)73)76(63)45-22-5-2-6-23-45)78-60-34-15-9-26-50(60)51-27-10-16-35-61(51)78)42-57(64)74-55-31-19-29-53-52-28-11-17-36-62(52)79(72(53)55)66-39-46(38-65(75)70(66)74)77-58-32-13-7-24-48(58)49-25-8-14-33-59(49)77/h1-43H. The Balaban J connectivity index is 0.953. The molecule has 0 aliphatic carbocycles. The Morgan fingerprint density at radius 2 is 0.662 bits per heavy atom. The van der Waals surface area contributed by atoms with Crippen molar-refractivity contribution in [3.63, 3.8) is 0 Å². The molecule has 7 heterocycles. The number of fused-ring (bicyclic) bond motifs is 17. The Kier molecular flexibility index (Phi) is 8.33. The summed E-state index contributed by atoms with van der Waals surface area (Å²) in [4.78, 5) is 5.10. The van der Waals surface area contributed by atoms with Crippen LogP contribution in [-0.4, -0.2) is 27.1 Å². The van der Waals surface area contributed by atoms with Gasteiger partial charge in [-0.05, 0) is 118 Å². The highest BCUT2D eigenvalue weighted by atomic mass is 16.5. The highest BCUT2D eigenvalue weighted by Crippen LogP contribution is 2.48. The van der Waals surface area contributed by atoms with Crippen molar-refractivity contribution < 1.29 is 4.74 Å². The molecule has 4 aliphatic heterocycles. The average Bonchev–Trinajstić information content (AvgIpc) is 3.89. The minimum Gasteiger partial charge on any atom is -0.458 e. The first-order valence-electron chi connectivity index (χ1n) is 27.7. The summed E-state index contributed by atoms with van der Waals surface area (Å²) in [6.45, 7) is -0.237. The molecule has 3 aromatic heterocycles. The maximum absolute atomic E-state index is 7.24. The van der Waals surface area contributed by atoms with Crippen LogP contribution in [0.1, 0.15) is 0 Å². The third-order valence-electron chi connectivity index (χ3n) is 18.0. The molecule has 19 rings (SSSR count). The Morgan fingerprint density at radius 3 is 1.23 bits per heavy atom. The van der Waals surface area contributed by atoms with Crippen LogP contribution in [0.2, 0.25) is 0 Å². The summed E-state index contributed by atoms with van der Waals surface area (Å²) in [7, 11) is 0. The van der Waals surface area contributed by atoms with Crippen LogP contribution in [0.5, 0.6) is 11.5 Å². The zero-order valence-electron chi connectivity index (χ0n) is 43.1. The third kappa shape index (κ3) is 5.49. The second-order valence-corrected chi connectivity index (χ2v) is 21.9. The number of hydrogen-bond acceptors (Lipinski definition) is 3. The molecule has 0 unspecified atom stereocenters. The first kappa shape index (κ1) is 42.7. The van der Waals surface area contributed by atoms with Crippen molar-refractivity contribution in [1.82, 2.24) is 13.7 Å². The zero-order chi connectivity index (χ0) is 51.9. The van der Waals surface area contributed by atoms with Gasteiger partial charge in [-0.1, -0.05) is 170 Å². The molecule has 8 heteroatoms. The van der Waals surface area contributed by atoms with E-state index >= 15 is 0 Å². The van der Waals surface area contributed by atoms with Gasteiger partial charge in [0.25, 0.3) is 13.4 Å². The van der Waals surface area contributed by atoms with Gasteiger partial charge in [0.1, 0.15) is 11.5 Å². The Hall–Kier alpha value is -10.4. The van der Waals surface area contributed by atoms with Crippen molar-refractivity contribution in [2.24, 2.45) is 0 Å². The van der Waals surface area contributed by atoms with Crippen molar-refractivity contribution in [2.75, 3.05) is 9.80 Å². The van der Waals surface area contributed by atoms with Crippen molar-refractivity contribution in [2.45, 2.75) is 0 Å². The first-order valence-corrected chi connectivity index (χ1v) is 27.7. The molecule has 12 aromatic carbocycles. The molecule has 0 amide bonds. The first-order chi connectivity index (χ1) is 39.7. The van der Waals surface area contributed by atoms with E-state index in [0.29, 0.717) is 0 Å². The van der Waals surface area contributed by atoms with E-state index in [0.717, 1.165) is 62.3 Å². The van der Waals surface area contributed by atoms with Crippen molar-refractivity contribution in [3.05, 3.63) is 261 Å². The van der Waals surface area contributed by atoms with Crippen molar-refractivity contribution >= 4 is 146 Å². The number of aromatic nitrogens is 3. The fourth-order valence-electron chi connectivity index (χ4n) is 14.9. The van der Waals surface area contributed by atoms with Gasteiger partial charge in [-0.2, -0.15) is 0 Å². The molecular weight excluding hydrogens is 972 g/mol. The summed E-state index contributed by atoms with van der Waals surface area (Å²) in [5, 5.41) is 7.45. The molecule has 6 nitrogen and oxygen atoms in total. The second kappa shape index (κ2) is 15.6. The predicted molar refractivity (Wildman–Crippen MR) is 335 cm³/mol. The third-order valence-corrected chi connectivity index (χ3v) is 18.0. The number of hydrogen-bond donors (Lipinski definition) is 0. The van der Waals surface area contributed by atoms with E-state index in [1.54, 1.807) is 0 Å². The van der Waals surface area contributed by atoms with Gasteiger partial charge >= 0.3 is 0 Å². The molecule has 0 spiro atoms. The summed E-state index contributed by atoms with van der Waals surface area (Å²) >= 11 is 0. The van der Waals surface area contributed by atoms with Gasteiger partial charge in [-0.15, -0.1) is 0 Å². The maximum atomic E-state index is 7.24. The monoisotopic (exact) mass is 1020 g/mol. The summed E-state index contributed by atoms with van der Waals surface area (Å²) in [6, 6.07) is 97.0. The lowest BCUT2D eigenvalue weighted by Gasteiger charge is -2.44. The lowest BCUT2D eigenvalue weighted by atomic mass is 9.30. The summed E-state index contributed by atoms with van der Waals surface area (Å²) in [5.41, 5.74) is 24.7. The normalized spacial score (nSPS) is 13.5. The number of ether oxygens (including phenoxy) is 1. The Labute approximate surface area is 460 Å². The molecule has 15 aromatic rings. The van der Waals surface area contributed by atoms with Crippen molar-refractivity contribution in [1.29, 1.82) is 0 Å². The molecule has 80 heavy (non-hydrogen) atoms. The smallest absolute Gasteiger partial charge is 0.256 e. The highest BCUT2D eigenvalue weighted by molar-refractivity contribution is 7.02. The van der Waals surface area contributed by atoms with E-state index in [-0.39, 0.29) is 13.4 Å². The summed E-state index contributed by atoms with van der Waals surface area (Å²) < 4.78 is 14.7. The number of nitrogens with zero attached hydrogens (tertiary/aromatic N) is 5. The molecule has 0 atom stereocenters. The van der Waals surface area contributed by atoms with Gasteiger partial charge in [0, 0.05) is 83.7 Å². The SMILES string of the molecule is c1ccc(N2c3cc4c(cc3B3c5ccccc5Oc5cc(-n6c7ccccc7c7ccccc76)cc2c53)B2c3c(cc(-n5c6ccccc6c6ccccc65)cc3-n3c5ccccc5c5cccc2c53)N4c2ccccc2)cc1. The Morgan fingerprint density at radius 1 is 0.250 bits per heavy atom. The van der Waals surface area contributed by atoms with Gasteiger partial charge in [-0.25, -0.2) is 0 Å². The van der Waals surface area contributed by atoms with Gasteiger partial charge in [0.2, 0.25) is 0 Å². The molecule has 0 N–H and O–H groups in total. The van der Waals surface area contributed by atoms with Gasteiger partial charge < -0.3 is 28.2 Å². The highest BCUT2D eigenvalue weighted by Gasteiger charge is 2.47. The quantitative estimate of drug-likeness (QED) is 0.165. The molecule has 368 valence electrons. The van der Waals surface area contributed by atoms with Gasteiger partial charge in [-0.3, -0.25) is 0 Å². The van der Waals surface area contributed by atoms with E-state index in [9.17, 15) is 0 Å². The van der Waals surface area contributed by atoms with Crippen LogP contribution in [0.3, 0.4) is 0 Å². The van der Waals surface area contributed by atoms with Crippen LogP contribution in [-0.2, 0) is 0 Å². The minimum absolute atomic E-state index is 0.105. The van der Waals surface area contributed by atoms with E-state index in [1.165, 1.54) is 98.5 Å². The summed E-state index contributed by atoms with van der Waals surface area (Å²) in [5.74, 6) is 1.76. The van der Waals surface area contributed by atoms with E-state index in [1.807, 2.05) is 0 Å². The van der Waals surface area contributed by atoms with Crippen LogP contribution in [0.4, 0.5) is 34.1 Å². The van der Waals surface area contributed by atoms with E-state index in [4.69, 9.17) is 4.74 Å². The van der Waals surface area contributed by atoms with Crippen molar-refractivity contribution in [3.8, 4) is 28.6 Å². The molecule has 4 aliphatic rings. The fraction of sp³-hybridized carbons (Fsp3) is 0. The van der Waals surface area contributed by atoms with Crippen LogP contribution < -0.4 is 47.3 Å². The van der Waals surface area contributed by atoms with Crippen LogP contribution in [0, 0.1) is 0 Å². The minimum atomic E-state index is -0.132. The van der Waals surface area contributed by atoms with E-state index in [2.05, 4.69) is 284 Å². The second-order valence-electron chi connectivity index (χ2n) is 21.9. The number of benzene rings is 12. The fourth-order valence-corrected chi connectivity index (χ4v) is 14.9. The van der Waals surface area contributed by atoms with Crippen LogP contribution in [0.15, 0.2) is 261 Å². The largest absolute Gasteiger partial charge is 0.458 e. The predicted octanol–water partition coefficient (Wildman–Crippen LogP) is 14.0. The zero-order valence-corrected chi connectivity index (χ0v) is 43.1. The molecule has 0 saturated carbocycles. The number of rotatable bonds is 4. The molecular formula is C72H43B2N5O. The lowest BCUT2D eigenvalue weighted by molar-refractivity contribution is 0.487. The molecule has 0 bridgehead atoms. The number of anilines is 6. The summed E-state index contributed by atoms with van der Waals surface area (Å²) in [6.07, 6.45) is 0. The number of para-hydroxylation sites is 9. The van der Waals surface area contributed by atoms with Crippen LogP contribution in [0.25, 0.3) is 82.5 Å². The Bertz CT molecular complexity index is 5110. The molecule has 0 saturated heterocycles. The van der Waals surface area contributed by atoms with E-state index < -0.39 is 0 Å². The molecule has 0 radical (unpaired) electrons. The van der Waals surface area contributed by atoms with Gasteiger partial charge in [0.15, 0.2) is 0 Å².